The lowest BCUT2D eigenvalue weighted by atomic mass is 10.1. The Balaban J connectivity index is 2.45. The minimum absolute atomic E-state index is 0.0604. The topological polar surface area (TPSA) is 99.5 Å². The largest absolute Gasteiger partial charge is 0.481 e. The molecule has 92 valence electrons. The van der Waals surface area contributed by atoms with Crippen molar-refractivity contribution < 1.29 is 19.8 Å². The second-order valence-corrected chi connectivity index (χ2v) is 3.57. The molecule has 1 rings (SSSR count). The number of nitrogens with one attached hydrogen (secondary N) is 1. The highest BCUT2D eigenvalue weighted by Crippen LogP contribution is 2.01. The van der Waals surface area contributed by atoms with Crippen LogP contribution in [-0.4, -0.2) is 33.2 Å². The molecule has 1 aromatic heterocycles. The van der Waals surface area contributed by atoms with Crippen LogP contribution in [0.25, 0.3) is 0 Å². The summed E-state index contributed by atoms with van der Waals surface area (Å²) in [7, 11) is 0. The van der Waals surface area contributed by atoms with Crippen molar-refractivity contribution in [3.63, 3.8) is 0 Å². The predicted octanol–water partition coefficient (Wildman–Crippen LogP) is 0.489. The van der Waals surface area contributed by atoms with E-state index in [1.54, 1.807) is 18.5 Å². The molecule has 0 unspecified atom stereocenters. The highest BCUT2D eigenvalue weighted by atomic mass is 16.4. The lowest BCUT2D eigenvalue weighted by Gasteiger charge is -2.13. The number of hydrogen-bond donors (Lipinski definition) is 3. The van der Waals surface area contributed by atoms with Crippen LogP contribution < -0.4 is 5.32 Å². The van der Waals surface area contributed by atoms with Crippen molar-refractivity contribution in [1.29, 1.82) is 0 Å². The van der Waals surface area contributed by atoms with E-state index in [1.807, 2.05) is 6.07 Å². The van der Waals surface area contributed by atoms with Crippen LogP contribution in [0.1, 0.15) is 18.4 Å². The fourth-order valence-electron chi connectivity index (χ4n) is 1.32. The van der Waals surface area contributed by atoms with Gasteiger partial charge in [0.25, 0.3) is 0 Å². The molecule has 1 atom stereocenters. The van der Waals surface area contributed by atoms with Gasteiger partial charge < -0.3 is 15.5 Å². The van der Waals surface area contributed by atoms with E-state index in [0.29, 0.717) is 6.54 Å². The van der Waals surface area contributed by atoms with Gasteiger partial charge in [0.05, 0.1) is 0 Å². The lowest BCUT2D eigenvalue weighted by molar-refractivity contribution is -0.140. The van der Waals surface area contributed by atoms with E-state index in [4.69, 9.17) is 10.2 Å². The number of nitrogens with zero attached hydrogens (tertiary/aromatic N) is 1. The van der Waals surface area contributed by atoms with Gasteiger partial charge in [-0.1, -0.05) is 6.07 Å². The molecule has 0 radical (unpaired) electrons. The highest BCUT2D eigenvalue weighted by molar-refractivity contribution is 5.75. The Labute approximate surface area is 98.3 Å². The Morgan fingerprint density at radius 1 is 1.41 bits per heavy atom. The molecule has 6 heteroatoms. The Hall–Kier alpha value is -1.95. The van der Waals surface area contributed by atoms with Gasteiger partial charge in [0, 0.05) is 25.4 Å². The van der Waals surface area contributed by atoms with Crippen LogP contribution in [0.5, 0.6) is 0 Å². The zero-order valence-electron chi connectivity index (χ0n) is 9.17. The third-order valence-corrected chi connectivity index (χ3v) is 2.22. The Morgan fingerprint density at radius 3 is 2.71 bits per heavy atom. The van der Waals surface area contributed by atoms with Crippen molar-refractivity contribution in [3.05, 3.63) is 30.1 Å². The van der Waals surface area contributed by atoms with E-state index in [-0.39, 0.29) is 12.8 Å². The molecule has 6 nitrogen and oxygen atoms in total. The van der Waals surface area contributed by atoms with Gasteiger partial charge in [-0.15, -0.1) is 0 Å². The van der Waals surface area contributed by atoms with Gasteiger partial charge in [-0.3, -0.25) is 14.6 Å². The number of hydrogen-bond acceptors (Lipinski definition) is 4. The van der Waals surface area contributed by atoms with Crippen molar-refractivity contribution in [2.75, 3.05) is 0 Å². The summed E-state index contributed by atoms with van der Waals surface area (Å²) >= 11 is 0. The molecule has 0 amide bonds. The van der Waals surface area contributed by atoms with Gasteiger partial charge in [-0.25, -0.2) is 0 Å². The number of carboxylic acid groups (broad SMARTS) is 2. The summed E-state index contributed by atoms with van der Waals surface area (Å²) in [5.74, 6) is -2.05. The molecule has 1 heterocycles. The summed E-state index contributed by atoms with van der Waals surface area (Å²) in [5.41, 5.74) is 0.856. The summed E-state index contributed by atoms with van der Waals surface area (Å²) in [6.07, 6.45) is 3.15. The van der Waals surface area contributed by atoms with E-state index in [1.165, 1.54) is 0 Å². The minimum atomic E-state index is -1.05. The van der Waals surface area contributed by atoms with Gasteiger partial charge in [0.15, 0.2) is 0 Å². The van der Waals surface area contributed by atoms with E-state index < -0.39 is 18.0 Å². The number of aliphatic carboxylic acids is 2. The maximum absolute atomic E-state index is 10.9. The van der Waals surface area contributed by atoms with E-state index in [9.17, 15) is 9.59 Å². The predicted molar refractivity (Wildman–Crippen MR) is 59.4 cm³/mol. The first kappa shape index (κ1) is 13.1. The maximum atomic E-state index is 10.9. The van der Waals surface area contributed by atoms with Crippen LogP contribution in [0.2, 0.25) is 0 Å². The van der Waals surface area contributed by atoms with Crippen LogP contribution >= 0.6 is 0 Å². The van der Waals surface area contributed by atoms with Crippen molar-refractivity contribution in [3.8, 4) is 0 Å². The number of pyridine rings is 1. The van der Waals surface area contributed by atoms with Gasteiger partial charge >= 0.3 is 11.9 Å². The molecule has 0 aromatic carbocycles. The van der Waals surface area contributed by atoms with E-state index >= 15 is 0 Å². The van der Waals surface area contributed by atoms with Gasteiger partial charge in [-0.05, 0) is 18.1 Å². The Kier molecular flexibility index (Phi) is 5.09. The maximum Gasteiger partial charge on any atom is 0.320 e. The molecule has 0 fully saturated rings. The molecule has 17 heavy (non-hydrogen) atoms. The average molecular weight is 238 g/mol. The molecular formula is C11H14N2O4. The third-order valence-electron chi connectivity index (χ3n) is 2.22. The molecule has 0 aliphatic heterocycles. The van der Waals surface area contributed by atoms with Crippen LogP contribution in [0, 0.1) is 0 Å². The third kappa shape index (κ3) is 5.07. The zero-order valence-corrected chi connectivity index (χ0v) is 9.17. The Bertz CT molecular complexity index is 380. The summed E-state index contributed by atoms with van der Waals surface area (Å²) < 4.78 is 0. The van der Waals surface area contributed by atoms with Crippen LogP contribution in [-0.2, 0) is 16.1 Å². The summed E-state index contributed by atoms with van der Waals surface area (Å²) in [5, 5.41) is 20.2. The zero-order chi connectivity index (χ0) is 12.7. The molecule has 3 N–H and O–H groups in total. The van der Waals surface area contributed by atoms with Crippen molar-refractivity contribution in [1.82, 2.24) is 10.3 Å². The van der Waals surface area contributed by atoms with Gasteiger partial charge in [0.1, 0.15) is 6.04 Å². The van der Waals surface area contributed by atoms with Crippen molar-refractivity contribution in [2.45, 2.75) is 25.4 Å². The number of carboxylic acids is 2. The summed E-state index contributed by atoms with van der Waals surface area (Å²) in [6.45, 7) is 0.352. The Morgan fingerprint density at radius 2 is 2.18 bits per heavy atom. The summed E-state index contributed by atoms with van der Waals surface area (Å²) in [6, 6.07) is 2.71. The smallest absolute Gasteiger partial charge is 0.320 e. The second kappa shape index (κ2) is 6.59. The molecule has 0 saturated heterocycles. The van der Waals surface area contributed by atoms with Crippen LogP contribution in [0.3, 0.4) is 0 Å². The highest BCUT2D eigenvalue weighted by Gasteiger charge is 2.17. The number of aromatic nitrogens is 1. The first-order chi connectivity index (χ1) is 8.09. The van der Waals surface area contributed by atoms with E-state index in [2.05, 4.69) is 10.3 Å². The molecule has 0 saturated carbocycles. The molecule has 0 aliphatic carbocycles. The molecule has 1 aromatic rings. The van der Waals surface area contributed by atoms with Crippen molar-refractivity contribution >= 4 is 11.9 Å². The quantitative estimate of drug-likeness (QED) is 0.639. The van der Waals surface area contributed by atoms with Crippen LogP contribution in [0.15, 0.2) is 24.5 Å². The standard InChI is InChI=1S/C11H14N2O4/c14-10(15)4-3-9(11(16)17)13-7-8-2-1-5-12-6-8/h1-2,5-6,9,13H,3-4,7H2,(H,14,15)(H,16,17)/t9-/m0/s1. The summed E-state index contributed by atoms with van der Waals surface area (Å²) in [4.78, 5) is 25.1. The molecule has 0 aliphatic rings. The number of rotatable bonds is 7. The first-order valence-corrected chi connectivity index (χ1v) is 5.16. The van der Waals surface area contributed by atoms with Gasteiger partial charge in [-0.2, -0.15) is 0 Å². The fourth-order valence-corrected chi connectivity index (χ4v) is 1.32. The molecular weight excluding hydrogens is 224 g/mol. The number of carbonyl (C=O) groups is 2. The van der Waals surface area contributed by atoms with Crippen molar-refractivity contribution in [2.24, 2.45) is 0 Å². The average Bonchev–Trinajstić information content (AvgIpc) is 2.29. The fraction of sp³-hybridized carbons (Fsp3) is 0.364. The lowest BCUT2D eigenvalue weighted by Crippen LogP contribution is -2.36. The van der Waals surface area contributed by atoms with E-state index in [0.717, 1.165) is 5.56 Å². The SMILES string of the molecule is O=C(O)CC[C@H](NCc1cccnc1)C(=O)O. The first-order valence-electron chi connectivity index (χ1n) is 5.16. The molecule has 0 bridgehead atoms. The minimum Gasteiger partial charge on any atom is -0.481 e. The normalized spacial score (nSPS) is 12.0. The monoisotopic (exact) mass is 238 g/mol. The molecule has 0 spiro atoms. The second-order valence-electron chi connectivity index (χ2n) is 3.57. The van der Waals surface area contributed by atoms with Crippen LogP contribution in [0.4, 0.5) is 0 Å². The van der Waals surface area contributed by atoms with Gasteiger partial charge in [0.2, 0.25) is 0 Å².